The van der Waals surface area contributed by atoms with Gasteiger partial charge >= 0.3 is 0 Å². The standard InChI is InChI=1S/C20H14Cl2N4O/c1-11-17-18(12-5-7-13(21)8-6-12)16(10-23)19(24)27-20(17)26(25-11)15-4-2-3-14(22)9-15/h2-9,18H,24H2,1H3/t18-/m0/s1. The molecule has 1 aliphatic heterocycles. The number of nitrogens with two attached hydrogens (primary N) is 1. The molecule has 27 heavy (non-hydrogen) atoms. The predicted molar refractivity (Wildman–Crippen MR) is 104 cm³/mol. The smallest absolute Gasteiger partial charge is 0.229 e. The van der Waals surface area contributed by atoms with E-state index in [4.69, 9.17) is 33.7 Å². The summed E-state index contributed by atoms with van der Waals surface area (Å²) in [5.74, 6) is 0.156. The van der Waals surface area contributed by atoms with Gasteiger partial charge in [0.2, 0.25) is 11.8 Å². The zero-order chi connectivity index (χ0) is 19.1. The maximum absolute atomic E-state index is 9.69. The molecule has 134 valence electrons. The third kappa shape index (κ3) is 2.93. The summed E-state index contributed by atoms with van der Waals surface area (Å²) in [7, 11) is 0. The number of rotatable bonds is 2. The van der Waals surface area contributed by atoms with Gasteiger partial charge in [-0.3, -0.25) is 0 Å². The number of fused-ring (bicyclic) bond motifs is 1. The van der Waals surface area contributed by atoms with Gasteiger partial charge in [0.05, 0.1) is 22.9 Å². The molecule has 0 saturated carbocycles. The molecule has 2 aromatic carbocycles. The Hall–Kier alpha value is -2.94. The zero-order valence-electron chi connectivity index (χ0n) is 14.3. The Morgan fingerprint density at radius 2 is 1.89 bits per heavy atom. The van der Waals surface area contributed by atoms with Gasteiger partial charge < -0.3 is 10.5 Å². The molecule has 7 heteroatoms. The molecule has 0 unspecified atom stereocenters. The number of benzene rings is 2. The van der Waals surface area contributed by atoms with Gasteiger partial charge in [0.1, 0.15) is 11.6 Å². The molecule has 1 aromatic heterocycles. The molecule has 5 nitrogen and oxygen atoms in total. The van der Waals surface area contributed by atoms with Crippen LogP contribution in [0.5, 0.6) is 5.88 Å². The SMILES string of the molecule is Cc1nn(-c2cccc(Cl)c2)c2c1[C@@H](c1ccc(Cl)cc1)C(C#N)=C(N)O2. The number of nitriles is 1. The minimum Gasteiger partial charge on any atom is -0.422 e. The second kappa shape index (κ2) is 6.66. The van der Waals surface area contributed by atoms with Gasteiger partial charge in [-0.15, -0.1) is 0 Å². The number of hydrogen-bond donors (Lipinski definition) is 1. The molecular formula is C20H14Cl2N4O. The summed E-state index contributed by atoms with van der Waals surface area (Å²) in [4.78, 5) is 0. The van der Waals surface area contributed by atoms with Crippen LogP contribution in [-0.4, -0.2) is 9.78 Å². The van der Waals surface area contributed by atoms with E-state index in [2.05, 4.69) is 11.2 Å². The van der Waals surface area contributed by atoms with Crippen molar-refractivity contribution in [1.29, 1.82) is 5.26 Å². The molecule has 0 bridgehead atoms. The first kappa shape index (κ1) is 17.5. The summed E-state index contributed by atoms with van der Waals surface area (Å²) in [6.45, 7) is 1.88. The van der Waals surface area contributed by atoms with E-state index in [0.717, 1.165) is 22.5 Å². The van der Waals surface area contributed by atoms with E-state index in [1.54, 1.807) is 28.9 Å². The van der Waals surface area contributed by atoms with Gasteiger partial charge in [0.15, 0.2) is 0 Å². The Morgan fingerprint density at radius 3 is 2.56 bits per heavy atom. The molecule has 2 heterocycles. The minimum atomic E-state index is -0.385. The van der Waals surface area contributed by atoms with Gasteiger partial charge in [-0.1, -0.05) is 41.4 Å². The molecule has 0 aliphatic carbocycles. The first-order chi connectivity index (χ1) is 13.0. The van der Waals surface area contributed by atoms with Crippen LogP contribution in [-0.2, 0) is 0 Å². The first-order valence-electron chi connectivity index (χ1n) is 8.18. The van der Waals surface area contributed by atoms with Crippen LogP contribution in [0.4, 0.5) is 0 Å². The van der Waals surface area contributed by atoms with Gasteiger partial charge in [-0.2, -0.15) is 10.4 Å². The lowest BCUT2D eigenvalue weighted by Crippen LogP contribution is -2.22. The van der Waals surface area contributed by atoms with E-state index in [0.29, 0.717) is 21.5 Å². The van der Waals surface area contributed by atoms with E-state index < -0.39 is 0 Å². The Balaban J connectivity index is 1.95. The van der Waals surface area contributed by atoms with E-state index >= 15 is 0 Å². The highest BCUT2D eigenvalue weighted by Crippen LogP contribution is 2.44. The Labute approximate surface area is 166 Å². The maximum Gasteiger partial charge on any atom is 0.229 e. The van der Waals surface area contributed by atoms with Crippen LogP contribution < -0.4 is 10.5 Å². The lowest BCUT2D eigenvalue weighted by molar-refractivity contribution is 0.367. The Bertz CT molecular complexity index is 1110. The fourth-order valence-electron chi connectivity index (χ4n) is 3.29. The van der Waals surface area contributed by atoms with Crippen molar-refractivity contribution in [2.24, 2.45) is 5.73 Å². The van der Waals surface area contributed by atoms with E-state index in [1.807, 2.05) is 31.2 Å². The Morgan fingerprint density at radius 1 is 1.15 bits per heavy atom. The summed E-state index contributed by atoms with van der Waals surface area (Å²) >= 11 is 12.2. The number of nitrogens with zero attached hydrogens (tertiary/aromatic N) is 3. The van der Waals surface area contributed by atoms with E-state index in [1.165, 1.54) is 0 Å². The lowest BCUT2D eigenvalue weighted by atomic mass is 9.84. The molecule has 0 amide bonds. The van der Waals surface area contributed by atoms with E-state index in [9.17, 15) is 5.26 Å². The maximum atomic E-state index is 9.69. The fraction of sp³-hybridized carbons (Fsp3) is 0.100. The molecule has 0 radical (unpaired) electrons. The molecule has 1 aliphatic rings. The van der Waals surface area contributed by atoms with Crippen LogP contribution in [0.2, 0.25) is 10.0 Å². The van der Waals surface area contributed by atoms with E-state index in [-0.39, 0.29) is 11.8 Å². The number of allylic oxidation sites excluding steroid dienone is 1. The van der Waals surface area contributed by atoms with Crippen molar-refractivity contribution in [1.82, 2.24) is 9.78 Å². The highest BCUT2D eigenvalue weighted by Gasteiger charge is 2.36. The number of aromatic nitrogens is 2. The lowest BCUT2D eigenvalue weighted by Gasteiger charge is -2.25. The van der Waals surface area contributed by atoms with Crippen molar-refractivity contribution in [3.63, 3.8) is 0 Å². The van der Waals surface area contributed by atoms with Crippen molar-refractivity contribution in [3.8, 4) is 17.6 Å². The third-order valence-electron chi connectivity index (χ3n) is 4.49. The summed E-state index contributed by atoms with van der Waals surface area (Å²) in [6, 6.07) is 16.8. The largest absolute Gasteiger partial charge is 0.422 e. The number of ether oxygens (including phenoxy) is 1. The molecule has 0 fully saturated rings. The highest BCUT2D eigenvalue weighted by atomic mass is 35.5. The molecule has 1 atom stereocenters. The van der Waals surface area contributed by atoms with Crippen molar-refractivity contribution in [3.05, 3.63) is 86.9 Å². The quantitative estimate of drug-likeness (QED) is 0.680. The molecule has 0 saturated heterocycles. The second-order valence-electron chi connectivity index (χ2n) is 6.17. The highest BCUT2D eigenvalue weighted by molar-refractivity contribution is 6.30. The summed E-state index contributed by atoms with van der Waals surface area (Å²) in [5, 5.41) is 15.5. The number of aryl methyl sites for hydroxylation is 1. The van der Waals surface area contributed by atoms with Crippen molar-refractivity contribution in [2.45, 2.75) is 12.8 Å². The van der Waals surface area contributed by atoms with Crippen LogP contribution in [0, 0.1) is 18.3 Å². The van der Waals surface area contributed by atoms with Crippen LogP contribution in [0.1, 0.15) is 22.7 Å². The summed E-state index contributed by atoms with van der Waals surface area (Å²) < 4.78 is 7.48. The molecule has 4 rings (SSSR count). The van der Waals surface area contributed by atoms with Gasteiger partial charge in [0.25, 0.3) is 0 Å². The minimum absolute atomic E-state index is 0.0631. The average molecular weight is 397 g/mol. The van der Waals surface area contributed by atoms with Crippen LogP contribution in [0.3, 0.4) is 0 Å². The van der Waals surface area contributed by atoms with Crippen molar-refractivity contribution >= 4 is 23.2 Å². The first-order valence-corrected chi connectivity index (χ1v) is 8.93. The van der Waals surface area contributed by atoms with Crippen LogP contribution in [0.25, 0.3) is 5.69 Å². The molecular weight excluding hydrogens is 383 g/mol. The summed E-state index contributed by atoms with van der Waals surface area (Å²) in [6.07, 6.45) is 0. The zero-order valence-corrected chi connectivity index (χ0v) is 15.8. The predicted octanol–water partition coefficient (Wildman–Crippen LogP) is 4.71. The van der Waals surface area contributed by atoms with Gasteiger partial charge in [0, 0.05) is 10.0 Å². The normalized spacial score (nSPS) is 15.9. The summed E-state index contributed by atoms with van der Waals surface area (Å²) in [5.41, 5.74) is 9.60. The molecule has 2 N–H and O–H groups in total. The third-order valence-corrected chi connectivity index (χ3v) is 4.98. The number of halogens is 2. The topological polar surface area (TPSA) is 76.9 Å². The van der Waals surface area contributed by atoms with Crippen LogP contribution >= 0.6 is 23.2 Å². The molecule has 0 spiro atoms. The van der Waals surface area contributed by atoms with Crippen molar-refractivity contribution in [2.75, 3.05) is 0 Å². The second-order valence-corrected chi connectivity index (χ2v) is 7.05. The monoisotopic (exact) mass is 396 g/mol. The number of hydrogen-bond acceptors (Lipinski definition) is 4. The fourth-order valence-corrected chi connectivity index (χ4v) is 3.60. The Kier molecular flexibility index (Phi) is 4.31. The van der Waals surface area contributed by atoms with Crippen LogP contribution in [0.15, 0.2) is 60.0 Å². The van der Waals surface area contributed by atoms with Gasteiger partial charge in [-0.05, 0) is 42.8 Å². The average Bonchev–Trinajstić information content (AvgIpc) is 2.97. The molecule has 3 aromatic rings. The van der Waals surface area contributed by atoms with Gasteiger partial charge in [-0.25, -0.2) is 4.68 Å². The van der Waals surface area contributed by atoms with Crippen molar-refractivity contribution < 1.29 is 4.74 Å².